The molecule has 0 aromatic carbocycles. The molecular formula is C14H19N5O2. The van der Waals surface area contributed by atoms with Crippen LogP contribution in [-0.2, 0) is 4.74 Å². The van der Waals surface area contributed by atoms with Gasteiger partial charge in [0.05, 0.1) is 12.3 Å². The van der Waals surface area contributed by atoms with E-state index in [1.165, 1.54) is 0 Å². The smallest absolute Gasteiger partial charge is 0.278 e. The van der Waals surface area contributed by atoms with Crippen LogP contribution in [0.5, 0.6) is 0 Å². The van der Waals surface area contributed by atoms with Gasteiger partial charge in [-0.25, -0.2) is 4.98 Å². The predicted octanol–water partition coefficient (Wildman–Crippen LogP) is 1.50. The standard InChI is InChI=1S/C14H19N5O2/c1-2-6-19-7-8-20-11(9-19)13-17-14(21-18-13)12-10(15)4-3-5-16-12/h3-5,11H,2,6-9,15H2,1H3. The predicted molar refractivity (Wildman–Crippen MR) is 77.4 cm³/mol. The lowest BCUT2D eigenvalue weighted by atomic mass is 10.2. The maximum Gasteiger partial charge on any atom is 0.278 e. The minimum atomic E-state index is -0.160. The van der Waals surface area contributed by atoms with Crippen LogP contribution in [0.15, 0.2) is 22.9 Å². The monoisotopic (exact) mass is 289 g/mol. The summed E-state index contributed by atoms with van der Waals surface area (Å²) in [5.41, 5.74) is 6.90. The molecule has 1 aliphatic heterocycles. The SMILES string of the molecule is CCCN1CCOC(c2noc(-c3ncccc3N)n2)C1. The number of rotatable bonds is 4. The fraction of sp³-hybridized carbons (Fsp3) is 0.500. The van der Waals surface area contributed by atoms with Crippen molar-refractivity contribution in [2.75, 3.05) is 32.0 Å². The van der Waals surface area contributed by atoms with E-state index in [4.69, 9.17) is 15.0 Å². The van der Waals surface area contributed by atoms with Crippen LogP contribution in [0.2, 0.25) is 0 Å². The number of ether oxygens (including phenoxy) is 1. The van der Waals surface area contributed by atoms with E-state index in [1.807, 2.05) is 0 Å². The highest BCUT2D eigenvalue weighted by molar-refractivity contribution is 5.65. The summed E-state index contributed by atoms with van der Waals surface area (Å²) in [6, 6.07) is 3.52. The summed E-state index contributed by atoms with van der Waals surface area (Å²) < 4.78 is 11.0. The molecule has 1 fully saturated rings. The number of pyridine rings is 1. The molecule has 2 N–H and O–H groups in total. The van der Waals surface area contributed by atoms with E-state index in [-0.39, 0.29) is 6.10 Å². The number of aromatic nitrogens is 3. The lowest BCUT2D eigenvalue weighted by Crippen LogP contribution is -2.39. The van der Waals surface area contributed by atoms with Gasteiger partial charge in [-0.3, -0.25) is 4.90 Å². The lowest BCUT2D eigenvalue weighted by Gasteiger charge is -2.30. The van der Waals surface area contributed by atoms with Gasteiger partial charge in [-0.05, 0) is 25.1 Å². The Morgan fingerprint density at radius 3 is 3.19 bits per heavy atom. The zero-order chi connectivity index (χ0) is 14.7. The fourth-order valence-electron chi connectivity index (χ4n) is 2.44. The average Bonchev–Trinajstić information content (AvgIpc) is 2.98. The van der Waals surface area contributed by atoms with Crippen LogP contribution < -0.4 is 5.73 Å². The summed E-state index contributed by atoms with van der Waals surface area (Å²) in [5.74, 6) is 0.884. The second kappa shape index (κ2) is 6.19. The molecule has 112 valence electrons. The minimum Gasteiger partial charge on any atom is -0.397 e. The second-order valence-electron chi connectivity index (χ2n) is 5.06. The average molecular weight is 289 g/mol. The van der Waals surface area contributed by atoms with E-state index < -0.39 is 0 Å². The zero-order valence-corrected chi connectivity index (χ0v) is 12.0. The summed E-state index contributed by atoms with van der Waals surface area (Å²) in [7, 11) is 0. The molecule has 0 saturated carbocycles. The molecule has 7 nitrogen and oxygen atoms in total. The van der Waals surface area contributed by atoms with E-state index in [0.717, 1.165) is 26.1 Å². The number of nitrogen functional groups attached to an aromatic ring is 1. The maximum atomic E-state index is 5.87. The second-order valence-corrected chi connectivity index (χ2v) is 5.06. The first-order chi connectivity index (χ1) is 10.3. The van der Waals surface area contributed by atoms with Crippen LogP contribution in [0.25, 0.3) is 11.6 Å². The summed E-state index contributed by atoms with van der Waals surface area (Å²) in [5, 5.41) is 4.02. The van der Waals surface area contributed by atoms with E-state index in [0.29, 0.717) is 29.7 Å². The van der Waals surface area contributed by atoms with Gasteiger partial charge in [-0.1, -0.05) is 12.1 Å². The van der Waals surface area contributed by atoms with Crippen LogP contribution >= 0.6 is 0 Å². The van der Waals surface area contributed by atoms with Gasteiger partial charge in [-0.15, -0.1) is 0 Å². The van der Waals surface area contributed by atoms with Crippen molar-refractivity contribution in [3.8, 4) is 11.6 Å². The topological polar surface area (TPSA) is 90.3 Å². The van der Waals surface area contributed by atoms with E-state index in [9.17, 15) is 0 Å². The largest absolute Gasteiger partial charge is 0.397 e. The Balaban J connectivity index is 1.77. The Kier molecular flexibility index (Phi) is 4.12. The van der Waals surface area contributed by atoms with Crippen molar-refractivity contribution in [1.82, 2.24) is 20.0 Å². The molecular weight excluding hydrogens is 270 g/mol. The van der Waals surface area contributed by atoms with E-state index in [1.54, 1.807) is 18.3 Å². The molecule has 1 atom stereocenters. The summed E-state index contributed by atoms with van der Waals surface area (Å²) in [4.78, 5) is 10.9. The van der Waals surface area contributed by atoms with Gasteiger partial charge in [0.25, 0.3) is 5.89 Å². The molecule has 21 heavy (non-hydrogen) atoms. The number of nitrogens with zero attached hydrogens (tertiary/aromatic N) is 4. The lowest BCUT2D eigenvalue weighted by molar-refractivity contribution is -0.0350. The Labute approximate surface area is 123 Å². The molecule has 2 aromatic rings. The maximum absolute atomic E-state index is 5.87. The first-order valence-corrected chi connectivity index (χ1v) is 7.16. The molecule has 1 saturated heterocycles. The Morgan fingerprint density at radius 1 is 1.48 bits per heavy atom. The summed E-state index contributed by atoms with van der Waals surface area (Å²) >= 11 is 0. The van der Waals surface area contributed by atoms with Crippen molar-refractivity contribution in [2.24, 2.45) is 0 Å². The van der Waals surface area contributed by atoms with Crippen molar-refractivity contribution in [2.45, 2.75) is 19.4 Å². The molecule has 0 aliphatic carbocycles. The molecule has 3 rings (SSSR count). The molecule has 0 spiro atoms. The van der Waals surface area contributed by atoms with Crippen LogP contribution in [0.3, 0.4) is 0 Å². The Morgan fingerprint density at radius 2 is 2.38 bits per heavy atom. The third-order valence-electron chi connectivity index (χ3n) is 3.46. The van der Waals surface area contributed by atoms with Gasteiger partial charge in [0.15, 0.2) is 5.69 Å². The number of morpholine rings is 1. The highest BCUT2D eigenvalue weighted by Gasteiger charge is 2.26. The highest BCUT2D eigenvalue weighted by Crippen LogP contribution is 2.25. The fourth-order valence-corrected chi connectivity index (χ4v) is 2.44. The van der Waals surface area contributed by atoms with Crippen LogP contribution in [0.4, 0.5) is 5.69 Å². The molecule has 1 unspecified atom stereocenters. The summed E-state index contributed by atoms with van der Waals surface area (Å²) in [6.07, 6.45) is 2.61. The molecule has 0 bridgehead atoms. The molecule has 7 heteroatoms. The number of hydrogen-bond donors (Lipinski definition) is 1. The molecule has 1 aliphatic rings. The van der Waals surface area contributed by atoms with E-state index in [2.05, 4.69) is 26.9 Å². The van der Waals surface area contributed by atoms with Crippen molar-refractivity contribution < 1.29 is 9.26 Å². The number of anilines is 1. The quantitative estimate of drug-likeness (QED) is 0.912. The third kappa shape index (κ3) is 3.03. The van der Waals surface area contributed by atoms with Gasteiger partial charge < -0.3 is 15.0 Å². The third-order valence-corrected chi connectivity index (χ3v) is 3.46. The van der Waals surface area contributed by atoms with Gasteiger partial charge >= 0.3 is 0 Å². The number of hydrogen-bond acceptors (Lipinski definition) is 7. The van der Waals surface area contributed by atoms with Crippen LogP contribution in [0.1, 0.15) is 25.3 Å². The highest BCUT2D eigenvalue weighted by atomic mass is 16.5. The molecule has 2 aromatic heterocycles. The molecule has 0 amide bonds. The minimum absolute atomic E-state index is 0.160. The first kappa shape index (κ1) is 14.0. The van der Waals surface area contributed by atoms with Crippen LogP contribution in [-0.4, -0.2) is 46.3 Å². The normalized spacial score (nSPS) is 19.8. The zero-order valence-electron chi connectivity index (χ0n) is 12.0. The first-order valence-electron chi connectivity index (χ1n) is 7.16. The van der Waals surface area contributed by atoms with Crippen LogP contribution in [0, 0.1) is 0 Å². The summed E-state index contributed by atoms with van der Waals surface area (Å²) in [6.45, 7) is 5.63. The Bertz CT molecular complexity index is 599. The van der Waals surface area contributed by atoms with Gasteiger partial charge in [0, 0.05) is 19.3 Å². The van der Waals surface area contributed by atoms with Gasteiger partial charge in [0.1, 0.15) is 6.10 Å². The van der Waals surface area contributed by atoms with Crippen molar-refractivity contribution in [3.63, 3.8) is 0 Å². The Hall–Kier alpha value is -1.99. The van der Waals surface area contributed by atoms with Gasteiger partial charge in [0.2, 0.25) is 5.82 Å². The van der Waals surface area contributed by atoms with Crippen molar-refractivity contribution >= 4 is 5.69 Å². The van der Waals surface area contributed by atoms with Crippen molar-refractivity contribution in [1.29, 1.82) is 0 Å². The van der Waals surface area contributed by atoms with Gasteiger partial charge in [-0.2, -0.15) is 4.98 Å². The van der Waals surface area contributed by atoms with Crippen molar-refractivity contribution in [3.05, 3.63) is 24.2 Å². The van der Waals surface area contributed by atoms with E-state index >= 15 is 0 Å². The molecule has 3 heterocycles. The molecule has 0 radical (unpaired) electrons. The number of nitrogens with two attached hydrogens (primary N) is 1.